The molecule has 1 aliphatic carbocycles. The van der Waals surface area contributed by atoms with Crippen molar-refractivity contribution in [2.45, 2.75) is 47.0 Å². The van der Waals surface area contributed by atoms with E-state index < -0.39 is 0 Å². The van der Waals surface area contributed by atoms with Gasteiger partial charge in [0.1, 0.15) is 5.75 Å². The molecule has 1 atom stereocenters. The molecule has 5 heteroatoms. The molecule has 0 fully saturated rings. The van der Waals surface area contributed by atoms with Crippen LogP contribution in [0.15, 0.2) is 24.3 Å². The van der Waals surface area contributed by atoms with Crippen LogP contribution in [0.3, 0.4) is 0 Å². The van der Waals surface area contributed by atoms with E-state index >= 15 is 0 Å². The lowest BCUT2D eigenvalue weighted by Gasteiger charge is -2.33. The van der Waals surface area contributed by atoms with Crippen molar-refractivity contribution in [1.29, 1.82) is 0 Å². The van der Waals surface area contributed by atoms with Gasteiger partial charge >= 0.3 is 0 Å². The number of anilines is 1. The predicted octanol–water partition coefficient (Wildman–Crippen LogP) is 4.95. The molecule has 1 aromatic carbocycles. The highest BCUT2D eigenvalue weighted by Gasteiger charge is 2.31. The Morgan fingerprint density at radius 2 is 2.12 bits per heavy atom. The number of carbonyl (C=O) groups is 1. The minimum absolute atomic E-state index is 0.164. The molecule has 0 spiro atoms. The van der Waals surface area contributed by atoms with Crippen molar-refractivity contribution in [1.82, 2.24) is 4.98 Å². The number of aromatic nitrogens is 1. The highest BCUT2D eigenvalue weighted by molar-refractivity contribution is 7.15. The summed E-state index contributed by atoms with van der Waals surface area (Å²) in [5, 5.41) is 3.65. The number of aryl methyl sites for hydroxylation is 1. The molecule has 1 aliphatic rings. The van der Waals surface area contributed by atoms with E-state index in [0.717, 1.165) is 18.5 Å². The smallest absolute Gasteiger partial charge is 0.261 e. The summed E-state index contributed by atoms with van der Waals surface area (Å²) in [4.78, 5) is 18.6. The monoisotopic (exact) mass is 358 g/mol. The van der Waals surface area contributed by atoms with Crippen molar-refractivity contribution < 1.29 is 9.53 Å². The number of hydrogen-bond donors (Lipinski definition) is 1. The molecular weight excluding hydrogens is 332 g/mol. The number of fused-ring (bicyclic) bond motifs is 1. The average Bonchev–Trinajstić information content (AvgIpc) is 2.96. The van der Waals surface area contributed by atoms with E-state index in [-0.39, 0.29) is 5.91 Å². The van der Waals surface area contributed by atoms with Crippen LogP contribution >= 0.6 is 11.3 Å². The number of hydrogen-bond acceptors (Lipinski definition) is 4. The van der Waals surface area contributed by atoms with Gasteiger partial charge in [-0.05, 0) is 49.7 Å². The first-order valence-electron chi connectivity index (χ1n) is 8.90. The highest BCUT2D eigenvalue weighted by Crippen LogP contribution is 2.40. The summed E-state index contributed by atoms with van der Waals surface area (Å²) in [5.41, 5.74) is 2.01. The highest BCUT2D eigenvalue weighted by atomic mass is 32.1. The normalized spacial score (nSPS) is 17.0. The minimum atomic E-state index is -0.164. The maximum Gasteiger partial charge on any atom is 0.261 e. The van der Waals surface area contributed by atoms with Crippen molar-refractivity contribution in [2.24, 2.45) is 11.3 Å². The van der Waals surface area contributed by atoms with Gasteiger partial charge in [0.15, 0.2) is 5.13 Å². The van der Waals surface area contributed by atoms with Gasteiger partial charge in [-0.2, -0.15) is 0 Å². The number of amides is 1. The molecule has 1 unspecified atom stereocenters. The van der Waals surface area contributed by atoms with Crippen molar-refractivity contribution >= 4 is 22.4 Å². The maximum absolute atomic E-state index is 12.6. The van der Waals surface area contributed by atoms with Crippen molar-refractivity contribution in [3.05, 3.63) is 40.4 Å². The molecule has 1 N–H and O–H groups in total. The van der Waals surface area contributed by atoms with Crippen LogP contribution in [0.2, 0.25) is 0 Å². The third-order valence-electron chi connectivity index (χ3n) is 4.82. The fourth-order valence-corrected chi connectivity index (χ4v) is 4.35. The second kappa shape index (κ2) is 7.16. The first kappa shape index (κ1) is 17.9. The first-order valence-corrected chi connectivity index (χ1v) is 9.72. The number of rotatable bonds is 4. The molecule has 3 rings (SSSR count). The quantitative estimate of drug-likeness (QED) is 0.842. The molecule has 25 heavy (non-hydrogen) atoms. The average molecular weight is 359 g/mol. The van der Waals surface area contributed by atoms with Crippen LogP contribution in [0.5, 0.6) is 5.75 Å². The molecule has 134 valence electrons. The number of benzene rings is 1. The summed E-state index contributed by atoms with van der Waals surface area (Å²) in [6.45, 7) is 9.35. The van der Waals surface area contributed by atoms with Crippen LogP contribution in [0.25, 0.3) is 0 Å². The Hall–Kier alpha value is -1.88. The van der Waals surface area contributed by atoms with E-state index in [1.54, 1.807) is 17.4 Å². The van der Waals surface area contributed by atoms with Crippen LogP contribution in [-0.2, 0) is 12.8 Å². The minimum Gasteiger partial charge on any atom is -0.493 e. The van der Waals surface area contributed by atoms with E-state index in [1.165, 1.54) is 11.3 Å². The largest absolute Gasteiger partial charge is 0.493 e. The lowest BCUT2D eigenvalue weighted by atomic mass is 9.73. The van der Waals surface area contributed by atoms with Gasteiger partial charge in [-0.25, -0.2) is 4.98 Å². The Kier molecular flexibility index (Phi) is 5.13. The van der Waals surface area contributed by atoms with E-state index in [9.17, 15) is 4.79 Å². The molecule has 2 aromatic rings. The van der Waals surface area contributed by atoms with Gasteiger partial charge in [-0.3, -0.25) is 10.1 Å². The summed E-state index contributed by atoms with van der Waals surface area (Å²) in [6, 6.07) is 7.32. The number of nitrogens with zero attached hydrogens (tertiary/aromatic N) is 1. The predicted molar refractivity (Wildman–Crippen MR) is 103 cm³/mol. The molecule has 0 saturated heterocycles. The van der Waals surface area contributed by atoms with E-state index in [2.05, 4.69) is 31.1 Å². The van der Waals surface area contributed by atoms with E-state index in [0.29, 0.717) is 34.4 Å². The van der Waals surface area contributed by atoms with Crippen LogP contribution < -0.4 is 10.1 Å². The number of thiazole rings is 1. The lowest BCUT2D eigenvalue weighted by molar-refractivity contribution is 0.102. The zero-order valence-corrected chi connectivity index (χ0v) is 16.2. The maximum atomic E-state index is 12.6. The Morgan fingerprint density at radius 1 is 1.36 bits per heavy atom. The summed E-state index contributed by atoms with van der Waals surface area (Å²) in [6.07, 6.45) is 3.22. The molecular formula is C20H26N2O2S. The fraction of sp³-hybridized carbons (Fsp3) is 0.500. The van der Waals surface area contributed by atoms with Gasteiger partial charge in [0.2, 0.25) is 0 Å². The van der Waals surface area contributed by atoms with Gasteiger partial charge in [0, 0.05) is 4.88 Å². The van der Waals surface area contributed by atoms with Crippen molar-refractivity contribution in [3.8, 4) is 5.75 Å². The Bertz CT molecular complexity index is 761. The SMILES string of the molecule is CCOc1ccccc1C(=O)Nc1nc2c(s1)CC(C(C)(C)C)CC2. The standard InChI is InChI=1S/C20H26N2O2S/c1-5-24-16-9-7-6-8-14(16)18(23)22-19-21-15-11-10-13(20(2,3)4)12-17(15)25-19/h6-9,13H,5,10-12H2,1-4H3,(H,21,22,23). The van der Waals surface area contributed by atoms with Gasteiger partial charge in [0.05, 0.1) is 17.9 Å². The van der Waals surface area contributed by atoms with Crippen LogP contribution in [0.1, 0.15) is 55.0 Å². The summed E-state index contributed by atoms with van der Waals surface area (Å²) in [7, 11) is 0. The summed E-state index contributed by atoms with van der Waals surface area (Å²) < 4.78 is 5.55. The van der Waals surface area contributed by atoms with Crippen LogP contribution in [-0.4, -0.2) is 17.5 Å². The second-order valence-corrected chi connectivity index (χ2v) is 8.66. The summed E-state index contributed by atoms with van der Waals surface area (Å²) in [5.74, 6) is 1.11. The molecule has 1 amide bonds. The van der Waals surface area contributed by atoms with Crippen LogP contribution in [0, 0.1) is 11.3 Å². The lowest BCUT2D eigenvalue weighted by Crippen LogP contribution is -2.26. The number of nitrogens with one attached hydrogen (secondary N) is 1. The molecule has 0 saturated carbocycles. The van der Waals surface area contributed by atoms with Gasteiger partial charge in [-0.15, -0.1) is 11.3 Å². The van der Waals surface area contributed by atoms with Gasteiger partial charge in [-0.1, -0.05) is 32.9 Å². The van der Waals surface area contributed by atoms with Gasteiger partial charge in [0.25, 0.3) is 5.91 Å². The summed E-state index contributed by atoms with van der Waals surface area (Å²) >= 11 is 1.61. The molecule has 0 bridgehead atoms. The Balaban J connectivity index is 1.75. The second-order valence-electron chi connectivity index (χ2n) is 7.58. The molecule has 0 radical (unpaired) electrons. The number of para-hydroxylation sites is 1. The van der Waals surface area contributed by atoms with Crippen molar-refractivity contribution in [2.75, 3.05) is 11.9 Å². The zero-order chi connectivity index (χ0) is 18.0. The van der Waals surface area contributed by atoms with Crippen molar-refractivity contribution in [3.63, 3.8) is 0 Å². The molecule has 4 nitrogen and oxygen atoms in total. The topological polar surface area (TPSA) is 51.2 Å². The van der Waals surface area contributed by atoms with Crippen LogP contribution in [0.4, 0.5) is 5.13 Å². The zero-order valence-electron chi connectivity index (χ0n) is 15.4. The third kappa shape index (κ3) is 4.03. The Labute approximate surface area is 153 Å². The van der Waals surface area contributed by atoms with E-state index in [4.69, 9.17) is 4.74 Å². The molecule has 1 heterocycles. The number of carbonyl (C=O) groups excluding carboxylic acids is 1. The third-order valence-corrected chi connectivity index (χ3v) is 5.85. The fourth-order valence-electron chi connectivity index (χ4n) is 3.27. The Morgan fingerprint density at radius 3 is 2.84 bits per heavy atom. The molecule has 1 aromatic heterocycles. The molecule has 0 aliphatic heterocycles. The number of ether oxygens (including phenoxy) is 1. The first-order chi connectivity index (χ1) is 11.9. The van der Waals surface area contributed by atoms with Gasteiger partial charge < -0.3 is 4.74 Å². The van der Waals surface area contributed by atoms with E-state index in [1.807, 2.05) is 25.1 Å².